The summed E-state index contributed by atoms with van der Waals surface area (Å²) in [5.74, 6) is 0.165. The average molecular weight is 516 g/mol. The molecule has 178 valence electrons. The van der Waals surface area contributed by atoms with Gasteiger partial charge < -0.3 is 9.88 Å². The van der Waals surface area contributed by atoms with Crippen molar-refractivity contribution in [2.75, 3.05) is 5.32 Å². The number of hydrogen-bond acceptors (Lipinski definition) is 6. The van der Waals surface area contributed by atoms with E-state index in [0.29, 0.717) is 22.8 Å². The molecule has 2 aromatic carbocycles. The van der Waals surface area contributed by atoms with Crippen molar-refractivity contribution in [3.05, 3.63) is 89.1 Å². The smallest absolute Gasteiger partial charge is 0.329 e. The molecule has 0 fully saturated rings. The van der Waals surface area contributed by atoms with Gasteiger partial charge in [-0.1, -0.05) is 35.5 Å². The number of benzene rings is 2. The number of nitrogens with zero attached hydrogens (tertiary/aromatic N) is 6. The Morgan fingerprint density at radius 2 is 1.89 bits per heavy atom. The predicted molar refractivity (Wildman–Crippen MR) is 127 cm³/mol. The van der Waals surface area contributed by atoms with Crippen LogP contribution >= 0.6 is 23.4 Å². The summed E-state index contributed by atoms with van der Waals surface area (Å²) in [6.45, 7) is 0. The van der Waals surface area contributed by atoms with Crippen molar-refractivity contribution in [2.24, 2.45) is 7.05 Å². The predicted octanol–water partition coefficient (Wildman–Crippen LogP) is 6.02. The van der Waals surface area contributed by atoms with Crippen molar-refractivity contribution < 1.29 is 13.2 Å². The van der Waals surface area contributed by atoms with Crippen LogP contribution in [0.2, 0.25) is 5.02 Å². The SMILES string of the molecule is Cn1ccnc1Sc1ccc(Cc2nccn3nc(Nc4cccc(C(F)(F)F)c4)nc23)cc1Cl. The molecule has 0 amide bonds. The largest absolute Gasteiger partial charge is 0.416 e. The van der Waals surface area contributed by atoms with Gasteiger partial charge in [-0.15, -0.1) is 5.10 Å². The maximum Gasteiger partial charge on any atom is 0.416 e. The first kappa shape index (κ1) is 23.2. The summed E-state index contributed by atoms with van der Waals surface area (Å²) >= 11 is 7.99. The van der Waals surface area contributed by atoms with Crippen molar-refractivity contribution in [1.29, 1.82) is 0 Å². The molecule has 12 heteroatoms. The third-order valence-corrected chi connectivity index (χ3v) is 6.70. The van der Waals surface area contributed by atoms with E-state index < -0.39 is 11.7 Å². The van der Waals surface area contributed by atoms with Gasteiger partial charge in [-0.05, 0) is 35.9 Å². The molecule has 3 heterocycles. The highest BCUT2D eigenvalue weighted by atomic mass is 35.5. The topological polar surface area (TPSA) is 72.9 Å². The summed E-state index contributed by atoms with van der Waals surface area (Å²) in [7, 11) is 1.92. The maximum atomic E-state index is 13.0. The molecular formula is C23H17ClF3N7S. The summed E-state index contributed by atoms with van der Waals surface area (Å²) in [5.41, 5.74) is 1.55. The van der Waals surface area contributed by atoms with Crippen molar-refractivity contribution in [1.82, 2.24) is 29.1 Å². The van der Waals surface area contributed by atoms with E-state index in [1.807, 2.05) is 36.0 Å². The Bertz CT molecular complexity index is 1510. The minimum atomic E-state index is -4.44. The first-order valence-corrected chi connectivity index (χ1v) is 11.5. The quantitative estimate of drug-likeness (QED) is 0.298. The second-order valence-electron chi connectivity index (χ2n) is 7.65. The average Bonchev–Trinajstić information content (AvgIpc) is 3.41. The zero-order chi connectivity index (χ0) is 24.6. The molecule has 0 saturated heterocycles. The lowest BCUT2D eigenvalue weighted by Crippen LogP contribution is -2.05. The van der Waals surface area contributed by atoms with Crippen molar-refractivity contribution in [3.63, 3.8) is 0 Å². The number of anilines is 2. The standard InChI is InChI=1S/C23H17ClF3N7S/c1-33-9-7-29-22(33)35-19-6-5-14(11-17(19)24)12-18-20-31-21(32-34(20)10-8-28-18)30-16-4-2-3-15(13-16)23(25,26)27/h2-11,13H,12H2,1H3,(H,30,32). The number of aryl methyl sites for hydroxylation is 1. The molecule has 1 N–H and O–H groups in total. The van der Waals surface area contributed by atoms with Crippen LogP contribution in [-0.4, -0.2) is 29.1 Å². The van der Waals surface area contributed by atoms with E-state index in [0.717, 1.165) is 27.7 Å². The van der Waals surface area contributed by atoms with Gasteiger partial charge in [0, 0.05) is 48.8 Å². The number of hydrogen-bond donors (Lipinski definition) is 1. The molecule has 0 saturated carbocycles. The zero-order valence-corrected chi connectivity index (χ0v) is 19.7. The Hall–Kier alpha value is -3.57. The fourth-order valence-electron chi connectivity index (χ4n) is 3.43. The van der Waals surface area contributed by atoms with Crippen LogP contribution in [0.4, 0.5) is 24.8 Å². The van der Waals surface area contributed by atoms with E-state index >= 15 is 0 Å². The van der Waals surface area contributed by atoms with Gasteiger partial charge in [-0.2, -0.15) is 18.2 Å². The van der Waals surface area contributed by atoms with Gasteiger partial charge in [0.1, 0.15) is 0 Å². The normalized spacial score (nSPS) is 11.8. The molecular weight excluding hydrogens is 499 g/mol. The van der Waals surface area contributed by atoms with Gasteiger partial charge in [-0.25, -0.2) is 9.50 Å². The Balaban J connectivity index is 1.37. The van der Waals surface area contributed by atoms with Gasteiger partial charge in [0.25, 0.3) is 0 Å². The van der Waals surface area contributed by atoms with Crippen LogP contribution in [0.3, 0.4) is 0 Å². The van der Waals surface area contributed by atoms with Crippen molar-refractivity contribution in [2.45, 2.75) is 22.6 Å². The van der Waals surface area contributed by atoms with Crippen LogP contribution < -0.4 is 5.32 Å². The van der Waals surface area contributed by atoms with Gasteiger partial charge in [0.2, 0.25) is 5.95 Å². The van der Waals surface area contributed by atoms with Crippen LogP contribution in [0, 0.1) is 0 Å². The molecule has 0 bridgehead atoms. The van der Waals surface area contributed by atoms with E-state index in [2.05, 4.69) is 25.4 Å². The van der Waals surface area contributed by atoms with Crippen molar-refractivity contribution >= 4 is 40.6 Å². The van der Waals surface area contributed by atoms with Gasteiger partial charge in [0.05, 0.1) is 16.3 Å². The molecule has 0 aliphatic heterocycles. The molecule has 35 heavy (non-hydrogen) atoms. The fourth-order valence-corrected chi connectivity index (χ4v) is 4.55. The lowest BCUT2D eigenvalue weighted by Gasteiger charge is -2.08. The second-order valence-corrected chi connectivity index (χ2v) is 9.06. The summed E-state index contributed by atoms with van der Waals surface area (Å²) < 4.78 is 42.5. The Kier molecular flexibility index (Phi) is 6.12. The van der Waals surface area contributed by atoms with Crippen LogP contribution in [0.1, 0.15) is 16.8 Å². The van der Waals surface area contributed by atoms with Crippen molar-refractivity contribution in [3.8, 4) is 0 Å². The molecule has 3 aromatic heterocycles. The molecule has 5 rings (SSSR count). The molecule has 0 radical (unpaired) electrons. The number of alkyl halides is 3. The summed E-state index contributed by atoms with van der Waals surface area (Å²) in [6, 6.07) is 10.6. The maximum absolute atomic E-state index is 13.0. The van der Waals surface area contributed by atoms with E-state index in [1.165, 1.54) is 28.4 Å². The minimum Gasteiger partial charge on any atom is -0.329 e. The van der Waals surface area contributed by atoms with E-state index in [9.17, 15) is 13.2 Å². The minimum absolute atomic E-state index is 0.165. The van der Waals surface area contributed by atoms with Gasteiger partial charge >= 0.3 is 6.18 Å². The highest BCUT2D eigenvalue weighted by Gasteiger charge is 2.30. The Labute approximate surface area is 207 Å². The lowest BCUT2D eigenvalue weighted by molar-refractivity contribution is -0.137. The Morgan fingerprint density at radius 1 is 1.06 bits per heavy atom. The highest BCUT2D eigenvalue weighted by Crippen LogP contribution is 2.33. The van der Waals surface area contributed by atoms with Crippen LogP contribution in [-0.2, 0) is 19.6 Å². The lowest BCUT2D eigenvalue weighted by atomic mass is 10.1. The monoisotopic (exact) mass is 515 g/mol. The van der Waals surface area contributed by atoms with Gasteiger partial charge in [-0.3, -0.25) is 4.98 Å². The fraction of sp³-hybridized carbons (Fsp3) is 0.130. The molecule has 7 nitrogen and oxygen atoms in total. The van der Waals surface area contributed by atoms with E-state index in [-0.39, 0.29) is 11.6 Å². The first-order valence-electron chi connectivity index (χ1n) is 10.3. The first-order chi connectivity index (χ1) is 16.8. The third kappa shape index (κ3) is 5.10. The number of imidazole rings is 1. The van der Waals surface area contributed by atoms with Crippen LogP contribution in [0.25, 0.3) is 5.65 Å². The zero-order valence-electron chi connectivity index (χ0n) is 18.2. The number of fused-ring (bicyclic) bond motifs is 1. The number of nitrogens with one attached hydrogen (secondary N) is 1. The molecule has 0 unspecified atom stereocenters. The Morgan fingerprint density at radius 3 is 2.63 bits per heavy atom. The molecule has 0 aliphatic carbocycles. The van der Waals surface area contributed by atoms with Gasteiger partial charge in [0.15, 0.2) is 10.8 Å². The molecule has 5 aromatic rings. The molecule has 0 atom stereocenters. The van der Waals surface area contributed by atoms with E-state index in [4.69, 9.17) is 11.6 Å². The third-order valence-electron chi connectivity index (χ3n) is 5.12. The number of aromatic nitrogens is 6. The summed E-state index contributed by atoms with van der Waals surface area (Å²) in [5, 5.41) is 8.58. The highest BCUT2D eigenvalue weighted by molar-refractivity contribution is 7.99. The van der Waals surface area contributed by atoms with Crippen LogP contribution in [0.5, 0.6) is 0 Å². The van der Waals surface area contributed by atoms with Crippen LogP contribution in [0.15, 0.2) is 77.3 Å². The molecule has 0 spiro atoms. The summed E-state index contributed by atoms with van der Waals surface area (Å²) in [4.78, 5) is 14.1. The summed E-state index contributed by atoms with van der Waals surface area (Å²) in [6.07, 6.45) is 2.82. The number of halogens is 4. The van der Waals surface area contributed by atoms with E-state index in [1.54, 1.807) is 18.6 Å². The molecule has 0 aliphatic rings. The number of rotatable bonds is 6. The second kappa shape index (κ2) is 9.23.